The number of pyridine rings is 1. The monoisotopic (exact) mass is 218 g/mol. The number of aromatic nitrogens is 3. The third-order valence-electron chi connectivity index (χ3n) is 2.19. The van der Waals surface area contributed by atoms with E-state index in [4.69, 9.17) is 5.73 Å². The van der Waals surface area contributed by atoms with Crippen LogP contribution in [-0.4, -0.2) is 28.3 Å². The van der Waals surface area contributed by atoms with E-state index in [1.807, 2.05) is 6.07 Å². The number of ether oxygens (including phenoxy) is 1. The lowest BCUT2D eigenvalue weighted by atomic mass is 10.1. The van der Waals surface area contributed by atoms with Crippen molar-refractivity contribution in [1.82, 2.24) is 15.2 Å². The summed E-state index contributed by atoms with van der Waals surface area (Å²) in [6, 6.07) is 2.64. The predicted molar refractivity (Wildman–Crippen MR) is 56.3 cm³/mol. The molecule has 2 aromatic rings. The third-order valence-corrected chi connectivity index (χ3v) is 2.19. The van der Waals surface area contributed by atoms with Gasteiger partial charge in [-0.05, 0) is 12.1 Å². The van der Waals surface area contributed by atoms with Gasteiger partial charge < -0.3 is 10.5 Å². The Morgan fingerprint density at radius 1 is 1.56 bits per heavy atom. The summed E-state index contributed by atoms with van der Waals surface area (Å²) >= 11 is 0. The molecule has 0 fully saturated rings. The number of hydrogen-bond donors (Lipinski definition) is 1. The molecule has 82 valence electrons. The first-order valence-electron chi connectivity index (χ1n) is 4.63. The minimum atomic E-state index is -0.962. The van der Waals surface area contributed by atoms with Gasteiger partial charge in [-0.1, -0.05) is 0 Å². The van der Waals surface area contributed by atoms with E-state index in [2.05, 4.69) is 19.9 Å². The molecule has 6 heteroatoms. The molecule has 0 aliphatic heterocycles. The molecule has 6 nitrogen and oxygen atoms in total. The lowest BCUT2D eigenvalue weighted by Crippen LogP contribution is -2.24. The normalized spacial score (nSPS) is 12.4. The SMILES string of the molecule is COC(=O)C(N)c1nncc2cccnc12. The van der Waals surface area contributed by atoms with Crippen molar-refractivity contribution in [1.29, 1.82) is 0 Å². The van der Waals surface area contributed by atoms with Crippen LogP contribution < -0.4 is 5.73 Å². The van der Waals surface area contributed by atoms with E-state index in [1.165, 1.54) is 7.11 Å². The predicted octanol–water partition coefficient (Wildman–Crippen LogP) is 0.198. The van der Waals surface area contributed by atoms with E-state index in [9.17, 15) is 4.79 Å². The van der Waals surface area contributed by atoms with Crippen molar-refractivity contribution in [2.24, 2.45) is 5.73 Å². The maximum absolute atomic E-state index is 11.3. The van der Waals surface area contributed by atoms with Gasteiger partial charge >= 0.3 is 5.97 Å². The molecule has 2 heterocycles. The molecule has 0 amide bonds. The average molecular weight is 218 g/mol. The second-order valence-corrected chi connectivity index (χ2v) is 3.17. The third kappa shape index (κ3) is 1.70. The molecule has 0 aliphatic carbocycles. The summed E-state index contributed by atoms with van der Waals surface area (Å²) in [6.07, 6.45) is 3.17. The number of hydrogen-bond acceptors (Lipinski definition) is 6. The Labute approximate surface area is 91.5 Å². The highest BCUT2D eigenvalue weighted by Crippen LogP contribution is 2.17. The Morgan fingerprint density at radius 3 is 3.12 bits per heavy atom. The van der Waals surface area contributed by atoms with Crippen molar-refractivity contribution in [2.45, 2.75) is 6.04 Å². The lowest BCUT2D eigenvalue weighted by molar-refractivity contribution is -0.142. The maximum atomic E-state index is 11.3. The van der Waals surface area contributed by atoms with Crippen molar-refractivity contribution in [3.05, 3.63) is 30.2 Å². The standard InChI is InChI=1S/C10H10N4O2/c1-16-10(15)7(11)9-8-6(5-13-14-9)3-2-4-12-8/h2-5,7H,11H2,1H3. The Balaban J connectivity index is 2.56. The second-order valence-electron chi connectivity index (χ2n) is 3.17. The van der Waals surface area contributed by atoms with Gasteiger partial charge in [-0.3, -0.25) is 4.98 Å². The van der Waals surface area contributed by atoms with Crippen LogP contribution in [0.1, 0.15) is 11.7 Å². The summed E-state index contributed by atoms with van der Waals surface area (Å²) in [5.74, 6) is -0.563. The van der Waals surface area contributed by atoms with Gasteiger partial charge in [0.1, 0.15) is 5.69 Å². The number of carbonyl (C=O) groups is 1. The van der Waals surface area contributed by atoms with Gasteiger partial charge in [-0.15, -0.1) is 0 Å². The zero-order valence-electron chi connectivity index (χ0n) is 8.62. The number of nitrogens with zero attached hydrogens (tertiary/aromatic N) is 3. The molecule has 0 aliphatic rings. The first-order valence-corrected chi connectivity index (χ1v) is 4.63. The van der Waals surface area contributed by atoms with E-state index in [-0.39, 0.29) is 0 Å². The van der Waals surface area contributed by atoms with Gasteiger partial charge in [0.15, 0.2) is 6.04 Å². The summed E-state index contributed by atoms with van der Waals surface area (Å²) < 4.78 is 4.56. The fourth-order valence-corrected chi connectivity index (χ4v) is 1.38. The van der Waals surface area contributed by atoms with Gasteiger partial charge in [0.05, 0.1) is 18.8 Å². The van der Waals surface area contributed by atoms with Crippen LogP contribution in [0.3, 0.4) is 0 Å². The number of methoxy groups -OCH3 is 1. The minimum Gasteiger partial charge on any atom is -0.468 e. The maximum Gasteiger partial charge on any atom is 0.329 e. The van der Waals surface area contributed by atoms with Gasteiger partial charge in [0.2, 0.25) is 0 Å². The Bertz CT molecular complexity index is 524. The largest absolute Gasteiger partial charge is 0.468 e. The van der Waals surface area contributed by atoms with Gasteiger partial charge in [0, 0.05) is 11.6 Å². The van der Waals surface area contributed by atoms with Gasteiger partial charge in [-0.25, -0.2) is 4.79 Å². The van der Waals surface area contributed by atoms with E-state index in [0.29, 0.717) is 11.2 Å². The van der Waals surface area contributed by atoms with E-state index >= 15 is 0 Å². The van der Waals surface area contributed by atoms with Crippen molar-refractivity contribution in [3.63, 3.8) is 0 Å². The highest BCUT2D eigenvalue weighted by molar-refractivity contribution is 5.86. The molecule has 0 saturated carbocycles. The molecule has 2 aromatic heterocycles. The topological polar surface area (TPSA) is 91.0 Å². The van der Waals surface area contributed by atoms with E-state index in [0.717, 1.165) is 5.39 Å². The molecule has 1 atom stereocenters. The first-order chi connectivity index (χ1) is 7.74. The Morgan fingerprint density at radius 2 is 2.38 bits per heavy atom. The van der Waals surface area contributed by atoms with Crippen molar-refractivity contribution < 1.29 is 9.53 Å². The number of fused-ring (bicyclic) bond motifs is 1. The molecular weight excluding hydrogens is 208 g/mol. The zero-order chi connectivity index (χ0) is 11.5. The fraction of sp³-hybridized carbons (Fsp3) is 0.200. The first kappa shape index (κ1) is 10.4. The number of nitrogens with two attached hydrogens (primary N) is 1. The van der Waals surface area contributed by atoms with Crippen LogP contribution in [0.5, 0.6) is 0 Å². The Kier molecular flexibility index (Phi) is 2.74. The van der Waals surface area contributed by atoms with Gasteiger partial charge in [0.25, 0.3) is 0 Å². The number of esters is 1. The van der Waals surface area contributed by atoms with E-state index in [1.54, 1.807) is 18.5 Å². The summed E-state index contributed by atoms with van der Waals surface area (Å²) in [5.41, 5.74) is 6.59. The van der Waals surface area contributed by atoms with Crippen molar-refractivity contribution >= 4 is 16.9 Å². The van der Waals surface area contributed by atoms with Crippen LogP contribution in [0.25, 0.3) is 10.9 Å². The highest BCUT2D eigenvalue weighted by atomic mass is 16.5. The quantitative estimate of drug-likeness (QED) is 0.724. The van der Waals surface area contributed by atoms with Gasteiger partial charge in [-0.2, -0.15) is 10.2 Å². The molecule has 0 bridgehead atoms. The molecule has 0 aromatic carbocycles. The van der Waals surface area contributed by atoms with Crippen molar-refractivity contribution in [2.75, 3.05) is 7.11 Å². The summed E-state index contributed by atoms with van der Waals surface area (Å²) in [5, 5.41) is 8.39. The summed E-state index contributed by atoms with van der Waals surface area (Å²) in [7, 11) is 1.27. The minimum absolute atomic E-state index is 0.324. The van der Waals surface area contributed by atoms with Crippen LogP contribution >= 0.6 is 0 Å². The fourth-order valence-electron chi connectivity index (χ4n) is 1.38. The molecule has 0 spiro atoms. The second kappa shape index (κ2) is 4.19. The highest BCUT2D eigenvalue weighted by Gasteiger charge is 2.21. The van der Waals surface area contributed by atoms with Crippen LogP contribution in [0, 0.1) is 0 Å². The molecule has 0 radical (unpaired) electrons. The van der Waals surface area contributed by atoms with Crippen LogP contribution in [0.15, 0.2) is 24.5 Å². The molecule has 16 heavy (non-hydrogen) atoms. The average Bonchev–Trinajstić information content (AvgIpc) is 2.36. The molecular formula is C10H10N4O2. The van der Waals surface area contributed by atoms with Crippen molar-refractivity contribution in [3.8, 4) is 0 Å². The molecule has 2 N–H and O–H groups in total. The molecule has 1 unspecified atom stereocenters. The summed E-state index contributed by atoms with van der Waals surface area (Å²) in [4.78, 5) is 15.4. The number of rotatable bonds is 2. The smallest absolute Gasteiger partial charge is 0.329 e. The van der Waals surface area contributed by atoms with E-state index < -0.39 is 12.0 Å². The lowest BCUT2D eigenvalue weighted by Gasteiger charge is -2.09. The van der Waals surface area contributed by atoms with Crippen LogP contribution in [0.2, 0.25) is 0 Å². The van der Waals surface area contributed by atoms with Crippen LogP contribution in [-0.2, 0) is 9.53 Å². The molecule has 2 rings (SSSR count). The zero-order valence-corrected chi connectivity index (χ0v) is 8.62. The Hall–Kier alpha value is -2.08. The summed E-state index contributed by atoms with van der Waals surface area (Å²) in [6.45, 7) is 0. The van der Waals surface area contributed by atoms with Crippen LogP contribution in [0.4, 0.5) is 0 Å². The number of carbonyl (C=O) groups excluding carboxylic acids is 1. The molecule has 0 saturated heterocycles.